The molecule has 2 aromatic carbocycles. The Labute approximate surface area is 105 Å². The first-order valence-corrected chi connectivity index (χ1v) is 5.53. The predicted molar refractivity (Wildman–Crippen MR) is 68.8 cm³/mol. The van der Waals surface area contributed by atoms with Gasteiger partial charge in [0.1, 0.15) is 5.75 Å². The molecule has 0 aromatic heterocycles. The van der Waals surface area contributed by atoms with Gasteiger partial charge in [-0.3, -0.25) is 4.79 Å². The number of benzene rings is 2. The minimum Gasteiger partial charge on any atom is -0.496 e. The molecule has 2 nitrogen and oxygen atoms in total. The van der Waals surface area contributed by atoms with Crippen molar-refractivity contribution in [3.8, 4) is 16.9 Å². The van der Waals surface area contributed by atoms with Gasteiger partial charge in [-0.15, -0.1) is 0 Å². The van der Waals surface area contributed by atoms with Crippen LogP contribution >= 0.6 is 11.6 Å². The van der Waals surface area contributed by atoms with E-state index in [0.29, 0.717) is 10.6 Å². The zero-order chi connectivity index (χ0) is 12.3. The number of para-hydroxylation sites is 1. The number of hydrogen-bond donors (Lipinski definition) is 0. The number of aldehydes is 1. The van der Waals surface area contributed by atoms with Gasteiger partial charge in [0.15, 0.2) is 6.29 Å². The molecule has 0 heterocycles. The third kappa shape index (κ3) is 2.17. The lowest BCUT2D eigenvalue weighted by Crippen LogP contribution is -1.90. The van der Waals surface area contributed by atoms with E-state index in [1.165, 1.54) is 0 Å². The summed E-state index contributed by atoms with van der Waals surface area (Å²) in [6, 6.07) is 12.9. The van der Waals surface area contributed by atoms with Crippen molar-refractivity contribution < 1.29 is 9.53 Å². The summed E-state index contributed by atoms with van der Waals surface area (Å²) in [7, 11) is 1.61. The first-order valence-electron chi connectivity index (χ1n) is 5.15. The van der Waals surface area contributed by atoms with Crippen LogP contribution in [0.5, 0.6) is 5.75 Å². The van der Waals surface area contributed by atoms with Crippen LogP contribution in [0.3, 0.4) is 0 Å². The highest BCUT2D eigenvalue weighted by Crippen LogP contribution is 2.35. The summed E-state index contributed by atoms with van der Waals surface area (Å²) in [6.45, 7) is 0. The average molecular weight is 247 g/mol. The number of halogens is 1. The highest BCUT2D eigenvalue weighted by Gasteiger charge is 2.11. The van der Waals surface area contributed by atoms with Crippen LogP contribution in [0.2, 0.25) is 5.02 Å². The molecule has 0 amide bonds. The normalized spacial score (nSPS) is 10.0. The van der Waals surface area contributed by atoms with Crippen molar-refractivity contribution in [1.29, 1.82) is 0 Å². The minimum absolute atomic E-state index is 0.451. The van der Waals surface area contributed by atoms with E-state index in [0.717, 1.165) is 23.2 Å². The molecule has 0 atom stereocenters. The molecule has 17 heavy (non-hydrogen) atoms. The van der Waals surface area contributed by atoms with Gasteiger partial charge < -0.3 is 4.74 Å². The minimum atomic E-state index is 0.451. The Hall–Kier alpha value is -1.80. The molecule has 86 valence electrons. The Kier molecular flexibility index (Phi) is 3.45. The lowest BCUT2D eigenvalue weighted by molar-refractivity contribution is 0.112. The first-order chi connectivity index (χ1) is 8.27. The largest absolute Gasteiger partial charge is 0.496 e. The van der Waals surface area contributed by atoms with E-state index in [9.17, 15) is 4.79 Å². The van der Waals surface area contributed by atoms with Crippen molar-refractivity contribution in [1.82, 2.24) is 0 Å². The standard InChI is InChI=1S/C14H11ClO2/c1-17-13-8-3-2-6-11(13)12-7-4-5-10(9-16)14(12)15/h2-9H,1H3. The molecule has 0 saturated heterocycles. The van der Waals surface area contributed by atoms with Gasteiger partial charge in [-0.1, -0.05) is 48.0 Å². The zero-order valence-corrected chi connectivity index (χ0v) is 10.1. The van der Waals surface area contributed by atoms with E-state index in [4.69, 9.17) is 16.3 Å². The molecule has 0 bridgehead atoms. The predicted octanol–water partition coefficient (Wildman–Crippen LogP) is 3.83. The summed E-state index contributed by atoms with van der Waals surface area (Å²) < 4.78 is 5.28. The van der Waals surface area contributed by atoms with Crippen molar-refractivity contribution >= 4 is 17.9 Å². The van der Waals surface area contributed by atoms with Gasteiger partial charge in [-0.25, -0.2) is 0 Å². The van der Waals surface area contributed by atoms with Gasteiger partial charge >= 0.3 is 0 Å². The van der Waals surface area contributed by atoms with Crippen LogP contribution < -0.4 is 4.74 Å². The third-order valence-corrected chi connectivity index (χ3v) is 2.97. The third-order valence-electron chi connectivity index (χ3n) is 2.55. The Morgan fingerprint density at radius 3 is 2.47 bits per heavy atom. The molecule has 3 heteroatoms. The molecule has 2 aromatic rings. The Bertz CT molecular complexity index is 550. The number of hydrogen-bond acceptors (Lipinski definition) is 2. The quantitative estimate of drug-likeness (QED) is 0.770. The topological polar surface area (TPSA) is 26.3 Å². The van der Waals surface area contributed by atoms with Gasteiger partial charge in [-0.2, -0.15) is 0 Å². The van der Waals surface area contributed by atoms with Gasteiger partial charge in [0.2, 0.25) is 0 Å². The summed E-state index contributed by atoms with van der Waals surface area (Å²) in [5.41, 5.74) is 2.16. The van der Waals surface area contributed by atoms with Crippen LogP contribution in [0.4, 0.5) is 0 Å². The van der Waals surface area contributed by atoms with E-state index in [-0.39, 0.29) is 0 Å². The molecular weight excluding hydrogens is 236 g/mol. The zero-order valence-electron chi connectivity index (χ0n) is 9.31. The SMILES string of the molecule is COc1ccccc1-c1cccc(C=O)c1Cl. The molecule has 0 spiro atoms. The van der Waals surface area contributed by atoms with Crippen molar-refractivity contribution in [2.75, 3.05) is 7.11 Å². The highest BCUT2D eigenvalue weighted by atomic mass is 35.5. The van der Waals surface area contributed by atoms with E-state index in [1.54, 1.807) is 19.2 Å². The number of carbonyl (C=O) groups is 1. The second kappa shape index (κ2) is 5.02. The Balaban J connectivity index is 2.64. The van der Waals surface area contributed by atoms with Crippen molar-refractivity contribution in [2.24, 2.45) is 0 Å². The number of ether oxygens (including phenoxy) is 1. The van der Waals surface area contributed by atoms with Gasteiger partial charge in [0.05, 0.1) is 12.1 Å². The highest BCUT2D eigenvalue weighted by molar-refractivity contribution is 6.35. The molecule has 0 N–H and O–H groups in total. The fourth-order valence-electron chi connectivity index (χ4n) is 1.72. The van der Waals surface area contributed by atoms with E-state index < -0.39 is 0 Å². The summed E-state index contributed by atoms with van der Waals surface area (Å²) >= 11 is 6.19. The molecule has 0 aliphatic carbocycles. The monoisotopic (exact) mass is 246 g/mol. The number of methoxy groups -OCH3 is 1. The second-order valence-electron chi connectivity index (χ2n) is 3.53. The molecule has 0 radical (unpaired) electrons. The second-order valence-corrected chi connectivity index (χ2v) is 3.90. The summed E-state index contributed by atoms with van der Waals surface area (Å²) in [4.78, 5) is 10.8. The van der Waals surface area contributed by atoms with Crippen LogP contribution in [-0.2, 0) is 0 Å². The molecule has 0 unspecified atom stereocenters. The fraction of sp³-hybridized carbons (Fsp3) is 0.0714. The number of carbonyl (C=O) groups excluding carboxylic acids is 1. The molecule has 2 rings (SSSR count). The first kappa shape index (κ1) is 11.7. The van der Waals surface area contributed by atoms with Gasteiger partial charge in [-0.05, 0) is 6.07 Å². The molecule has 0 aliphatic rings. The lowest BCUT2D eigenvalue weighted by Gasteiger charge is -2.10. The van der Waals surface area contributed by atoms with Crippen LogP contribution in [0, 0.1) is 0 Å². The van der Waals surface area contributed by atoms with Crippen LogP contribution in [-0.4, -0.2) is 13.4 Å². The average Bonchev–Trinajstić information content (AvgIpc) is 2.39. The van der Waals surface area contributed by atoms with E-state index in [1.807, 2.05) is 30.3 Å². The fourth-order valence-corrected chi connectivity index (χ4v) is 1.99. The molecule has 0 fully saturated rings. The Morgan fingerprint density at radius 2 is 1.76 bits per heavy atom. The van der Waals surface area contributed by atoms with E-state index >= 15 is 0 Å². The van der Waals surface area contributed by atoms with Crippen LogP contribution in [0.15, 0.2) is 42.5 Å². The lowest BCUT2D eigenvalue weighted by atomic mass is 10.0. The summed E-state index contributed by atoms with van der Waals surface area (Å²) in [5.74, 6) is 0.734. The van der Waals surface area contributed by atoms with Crippen molar-refractivity contribution in [3.05, 3.63) is 53.1 Å². The smallest absolute Gasteiger partial charge is 0.151 e. The maximum Gasteiger partial charge on any atom is 0.151 e. The Morgan fingerprint density at radius 1 is 1.06 bits per heavy atom. The maximum atomic E-state index is 10.8. The van der Waals surface area contributed by atoms with Gasteiger partial charge in [0.25, 0.3) is 0 Å². The van der Waals surface area contributed by atoms with E-state index in [2.05, 4.69) is 0 Å². The summed E-state index contributed by atoms with van der Waals surface area (Å²) in [6.07, 6.45) is 0.751. The van der Waals surface area contributed by atoms with Crippen LogP contribution in [0.25, 0.3) is 11.1 Å². The van der Waals surface area contributed by atoms with Gasteiger partial charge in [0, 0.05) is 16.7 Å². The molecule has 0 saturated carbocycles. The maximum absolute atomic E-state index is 10.8. The van der Waals surface area contributed by atoms with Crippen molar-refractivity contribution in [3.63, 3.8) is 0 Å². The van der Waals surface area contributed by atoms with Crippen LogP contribution in [0.1, 0.15) is 10.4 Å². The number of rotatable bonds is 3. The molecule has 0 aliphatic heterocycles. The summed E-state index contributed by atoms with van der Waals surface area (Å²) in [5, 5.41) is 0.451. The van der Waals surface area contributed by atoms with Crippen molar-refractivity contribution in [2.45, 2.75) is 0 Å². The molecular formula is C14H11ClO2.